The van der Waals surface area contributed by atoms with Crippen LogP contribution in [-0.4, -0.2) is 21.9 Å². The second kappa shape index (κ2) is 5.50. The molecular weight excluding hydrogens is 232 g/mol. The molecule has 96 valence electrons. The largest absolute Gasteiger partial charge is 0.493 e. The Bertz CT molecular complexity index is 502. The molecule has 2 rings (SSSR count). The predicted octanol–water partition coefficient (Wildman–Crippen LogP) is 0.861. The van der Waals surface area contributed by atoms with Crippen molar-refractivity contribution in [1.29, 1.82) is 0 Å². The summed E-state index contributed by atoms with van der Waals surface area (Å²) in [6, 6.07) is 5.63. The molecule has 6 nitrogen and oxygen atoms in total. The fraction of sp³-hybridized carbons (Fsp3) is 0.333. The lowest BCUT2D eigenvalue weighted by Gasteiger charge is -2.13. The van der Waals surface area contributed by atoms with Gasteiger partial charge >= 0.3 is 0 Å². The molecule has 0 aliphatic heterocycles. The zero-order valence-corrected chi connectivity index (χ0v) is 10.5. The fourth-order valence-electron chi connectivity index (χ4n) is 1.62. The van der Waals surface area contributed by atoms with Crippen molar-refractivity contribution in [3.05, 3.63) is 35.9 Å². The number of nitrogens with zero attached hydrogens (tertiary/aromatic N) is 3. The highest BCUT2D eigenvalue weighted by molar-refractivity contribution is 5.46. The zero-order chi connectivity index (χ0) is 13.0. The monoisotopic (exact) mass is 248 g/mol. The van der Waals surface area contributed by atoms with E-state index in [9.17, 15) is 0 Å². The van der Waals surface area contributed by atoms with E-state index in [4.69, 9.17) is 15.2 Å². The topological polar surface area (TPSA) is 75.2 Å². The van der Waals surface area contributed by atoms with E-state index in [0.29, 0.717) is 24.7 Å². The van der Waals surface area contributed by atoms with Gasteiger partial charge in [-0.05, 0) is 6.07 Å². The lowest BCUT2D eigenvalue weighted by molar-refractivity contribution is 0.270. The first kappa shape index (κ1) is 12.4. The van der Waals surface area contributed by atoms with Crippen molar-refractivity contribution in [3.8, 4) is 11.5 Å². The summed E-state index contributed by atoms with van der Waals surface area (Å²) in [4.78, 5) is 0. The van der Waals surface area contributed by atoms with Crippen LogP contribution in [0, 0.1) is 0 Å². The number of methoxy groups -OCH3 is 1. The van der Waals surface area contributed by atoms with Crippen LogP contribution >= 0.6 is 0 Å². The van der Waals surface area contributed by atoms with Gasteiger partial charge in [-0.1, -0.05) is 12.1 Å². The quantitative estimate of drug-likeness (QED) is 0.849. The van der Waals surface area contributed by atoms with E-state index in [1.165, 1.54) is 0 Å². The van der Waals surface area contributed by atoms with Gasteiger partial charge in [-0.2, -0.15) is 0 Å². The molecule has 0 aliphatic carbocycles. The molecule has 0 aliphatic rings. The summed E-state index contributed by atoms with van der Waals surface area (Å²) in [6.07, 6.45) is 1.63. The van der Waals surface area contributed by atoms with Gasteiger partial charge in [0.15, 0.2) is 17.3 Å². The third kappa shape index (κ3) is 2.43. The Morgan fingerprint density at radius 2 is 2.22 bits per heavy atom. The van der Waals surface area contributed by atoms with Crippen molar-refractivity contribution < 1.29 is 9.47 Å². The summed E-state index contributed by atoms with van der Waals surface area (Å²) < 4.78 is 12.8. The maximum absolute atomic E-state index is 5.75. The Balaban J connectivity index is 2.20. The molecule has 1 aromatic carbocycles. The summed E-state index contributed by atoms with van der Waals surface area (Å²) in [5.74, 6) is 2.06. The maximum atomic E-state index is 5.75. The Morgan fingerprint density at radius 1 is 1.39 bits per heavy atom. The maximum Gasteiger partial charge on any atom is 0.170 e. The molecule has 18 heavy (non-hydrogen) atoms. The average molecular weight is 248 g/mol. The Hall–Kier alpha value is -2.08. The number of aryl methyl sites for hydroxylation is 1. The first-order valence-electron chi connectivity index (χ1n) is 5.58. The first-order chi connectivity index (χ1) is 8.76. The number of nitrogens with two attached hydrogens (primary N) is 1. The number of benzene rings is 1. The molecule has 0 saturated heterocycles. The molecule has 0 spiro atoms. The van der Waals surface area contributed by atoms with E-state index in [-0.39, 0.29) is 0 Å². The van der Waals surface area contributed by atoms with Gasteiger partial charge in [0.1, 0.15) is 12.9 Å². The highest BCUT2D eigenvalue weighted by atomic mass is 16.5. The van der Waals surface area contributed by atoms with Crippen molar-refractivity contribution >= 4 is 0 Å². The third-order valence-corrected chi connectivity index (χ3v) is 2.65. The van der Waals surface area contributed by atoms with E-state index >= 15 is 0 Å². The van der Waals surface area contributed by atoms with E-state index in [1.807, 2.05) is 25.2 Å². The number of rotatable bonds is 5. The van der Waals surface area contributed by atoms with E-state index < -0.39 is 0 Å². The van der Waals surface area contributed by atoms with Gasteiger partial charge < -0.3 is 19.8 Å². The standard InChI is InChI=1S/C12H16N4O2/c1-16-8-14-15-11(16)7-18-12-9(6-13)4-3-5-10(12)17-2/h3-5,8H,6-7,13H2,1-2H3. The smallest absolute Gasteiger partial charge is 0.170 e. The van der Waals surface area contributed by atoms with Crippen molar-refractivity contribution in [2.45, 2.75) is 13.2 Å². The molecule has 1 aromatic heterocycles. The van der Waals surface area contributed by atoms with Gasteiger partial charge in [0, 0.05) is 19.2 Å². The van der Waals surface area contributed by atoms with Crippen molar-refractivity contribution in [2.24, 2.45) is 12.8 Å². The third-order valence-electron chi connectivity index (χ3n) is 2.65. The molecule has 6 heteroatoms. The lowest BCUT2D eigenvalue weighted by Crippen LogP contribution is -2.07. The summed E-state index contributed by atoms with van der Waals surface area (Å²) in [5, 5.41) is 7.75. The minimum Gasteiger partial charge on any atom is -0.493 e. The van der Waals surface area contributed by atoms with Crippen molar-refractivity contribution in [2.75, 3.05) is 7.11 Å². The summed E-state index contributed by atoms with van der Waals surface area (Å²) in [5.41, 5.74) is 6.58. The SMILES string of the molecule is COc1cccc(CN)c1OCc1nncn1C. The molecule has 0 unspecified atom stereocenters. The predicted molar refractivity (Wildman–Crippen MR) is 66.2 cm³/mol. The second-order valence-electron chi connectivity index (χ2n) is 3.80. The highest BCUT2D eigenvalue weighted by Gasteiger charge is 2.11. The molecule has 0 amide bonds. The van der Waals surface area contributed by atoms with E-state index in [0.717, 1.165) is 11.4 Å². The molecule has 0 fully saturated rings. The van der Waals surface area contributed by atoms with Crippen LogP contribution in [0.4, 0.5) is 0 Å². The summed E-state index contributed by atoms with van der Waals surface area (Å²) in [7, 11) is 3.47. The number of ether oxygens (including phenoxy) is 2. The number of hydrogen-bond acceptors (Lipinski definition) is 5. The summed E-state index contributed by atoms with van der Waals surface area (Å²) >= 11 is 0. The molecule has 2 N–H and O–H groups in total. The molecule has 2 aromatic rings. The van der Waals surface area contributed by atoms with Crippen LogP contribution in [0.2, 0.25) is 0 Å². The normalized spacial score (nSPS) is 10.4. The van der Waals surface area contributed by atoms with Gasteiger partial charge in [0.05, 0.1) is 7.11 Å². The van der Waals surface area contributed by atoms with Gasteiger partial charge in [-0.3, -0.25) is 0 Å². The lowest BCUT2D eigenvalue weighted by atomic mass is 10.2. The van der Waals surface area contributed by atoms with Crippen LogP contribution < -0.4 is 15.2 Å². The average Bonchev–Trinajstić information content (AvgIpc) is 2.81. The van der Waals surface area contributed by atoms with Gasteiger partial charge in [0.25, 0.3) is 0 Å². The highest BCUT2D eigenvalue weighted by Crippen LogP contribution is 2.31. The van der Waals surface area contributed by atoms with Crippen molar-refractivity contribution in [3.63, 3.8) is 0 Å². The minimum absolute atomic E-state index is 0.323. The van der Waals surface area contributed by atoms with E-state index in [2.05, 4.69) is 10.2 Å². The Kier molecular flexibility index (Phi) is 3.78. The van der Waals surface area contributed by atoms with Crippen LogP contribution in [-0.2, 0) is 20.2 Å². The molecule has 0 radical (unpaired) electrons. The van der Waals surface area contributed by atoms with Gasteiger partial charge in [-0.15, -0.1) is 10.2 Å². The number of aromatic nitrogens is 3. The molecule has 0 bridgehead atoms. The van der Waals surface area contributed by atoms with Gasteiger partial charge in [-0.25, -0.2) is 0 Å². The fourth-order valence-corrected chi connectivity index (χ4v) is 1.62. The Morgan fingerprint density at radius 3 is 2.83 bits per heavy atom. The minimum atomic E-state index is 0.323. The molecular formula is C12H16N4O2. The van der Waals surface area contributed by atoms with Crippen LogP contribution in [0.1, 0.15) is 11.4 Å². The van der Waals surface area contributed by atoms with E-state index in [1.54, 1.807) is 18.0 Å². The second-order valence-corrected chi connectivity index (χ2v) is 3.80. The zero-order valence-electron chi connectivity index (χ0n) is 10.5. The first-order valence-corrected chi connectivity index (χ1v) is 5.58. The van der Waals surface area contributed by atoms with Gasteiger partial charge in [0.2, 0.25) is 0 Å². The van der Waals surface area contributed by atoms with Crippen LogP contribution in [0.5, 0.6) is 11.5 Å². The van der Waals surface area contributed by atoms with Crippen LogP contribution in [0.15, 0.2) is 24.5 Å². The number of para-hydroxylation sites is 1. The number of hydrogen-bond donors (Lipinski definition) is 1. The van der Waals surface area contributed by atoms with Crippen LogP contribution in [0.3, 0.4) is 0 Å². The molecule has 0 atom stereocenters. The molecule has 0 saturated carbocycles. The summed E-state index contributed by atoms with van der Waals surface area (Å²) in [6.45, 7) is 0.717. The van der Waals surface area contributed by atoms with Crippen LogP contribution in [0.25, 0.3) is 0 Å². The molecule has 1 heterocycles. The van der Waals surface area contributed by atoms with Crippen molar-refractivity contribution in [1.82, 2.24) is 14.8 Å². The Labute approximate surface area is 105 Å².